The van der Waals surface area contributed by atoms with Gasteiger partial charge in [-0.1, -0.05) is 20.3 Å². The van der Waals surface area contributed by atoms with E-state index in [0.717, 1.165) is 6.07 Å². The summed E-state index contributed by atoms with van der Waals surface area (Å²) in [6.45, 7) is 4.74. The minimum Gasteiger partial charge on any atom is -0.491 e. The van der Waals surface area contributed by atoms with Gasteiger partial charge in [-0.3, -0.25) is 4.79 Å². The third-order valence-corrected chi connectivity index (χ3v) is 4.94. The summed E-state index contributed by atoms with van der Waals surface area (Å²) in [7, 11) is -0.521. The van der Waals surface area contributed by atoms with Gasteiger partial charge in [0.25, 0.3) is 0 Å². The molecule has 7 nitrogen and oxygen atoms in total. The van der Waals surface area contributed by atoms with Crippen molar-refractivity contribution in [3.8, 4) is 5.75 Å². The molecule has 1 aliphatic rings. The first-order valence-electron chi connectivity index (χ1n) is 9.55. The number of nitrogens with zero attached hydrogens (tertiary/aromatic N) is 2. The predicted octanol–water partition coefficient (Wildman–Crippen LogP) is 3.37. The molecule has 1 amide bonds. The second-order valence-electron chi connectivity index (χ2n) is 6.64. The van der Waals surface area contributed by atoms with Gasteiger partial charge >= 0.3 is 0 Å². The van der Waals surface area contributed by atoms with E-state index in [4.69, 9.17) is 9.88 Å². The lowest BCUT2D eigenvalue weighted by atomic mass is 10.1. The maximum absolute atomic E-state index is 14.0. The summed E-state index contributed by atoms with van der Waals surface area (Å²) in [5, 5.41) is 8.16. The monoisotopic (exact) mass is 440 g/mol. The number of carbonyl (C=O) groups excluding carboxylic acids is 1. The summed E-state index contributed by atoms with van der Waals surface area (Å²) >= 11 is 0. The molecular weight excluding hydrogens is 414 g/mol. The number of amides is 1. The fraction of sp³-hybridized carbons (Fsp3) is 0.400. The van der Waals surface area contributed by atoms with Crippen LogP contribution in [0.1, 0.15) is 33.1 Å². The van der Waals surface area contributed by atoms with Crippen LogP contribution in [0.5, 0.6) is 5.75 Å². The van der Waals surface area contributed by atoms with E-state index in [-0.39, 0.29) is 16.7 Å². The molecular formula is C20H26F2N4O3S. The highest BCUT2D eigenvalue weighted by Gasteiger charge is 2.33. The van der Waals surface area contributed by atoms with Crippen molar-refractivity contribution in [1.29, 1.82) is 0 Å². The van der Waals surface area contributed by atoms with Crippen LogP contribution in [0, 0.1) is 11.6 Å². The number of anilines is 2. The standard InChI is InChI=1S/C17H18F2N4O3S.C3H8/c1-26-16-12(5-4-11(18)15(16)19)23-8-2-3-13(23)17(24)22-10-6-7-21-14(9-10)27(20)25;1-3-2/h4-7,9,13H,2-3,8,20H2,1H3,(H,21,22,24);3H2,1-2H3. The zero-order valence-corrected chi connectivity index (χ0v) is 18.0. The SMILES string of the molecule is CCC.COc1c(N2CCCC2C(=O)Nc2ccnc(S(N)=O)c2)ccc(F)c1F. The number of halogens is 2. The summed E-state index contributed by atoms with van der Waals surface area (Å²) in [6, 6.07) is 4.78. The van der Waals surface area contributed by atoms with Crippen LogP contribution >= 0.6 is 0 Å². The van der Waals surface area contributed by atoms with Crippen LogP contribution in [0.2, 0.25) is 0 Å². The number of aromatic nitrogens is 1. The van der Waals surface area contributed by atoms with Crippen LogP contribution in [-0.2, 0) is 15.8 Å². The largest absolute Gasteiger partial charge is 0.491 e. The highest BCUT2D eigenvalue weighted by molar-refractivity contribution is 7.82. The van der Waals surface area contributed by atoms with E-state index in [2.05, 4.69) is 24.1 Å². The van der Waals surface area contributed by atoms with Crippen molar-refractivity contribution in [3.63, 3.8) is 0 Å². The maximum Gasteiger partial charge on any atom is 0.247 e. The second kappa shape index (κ2) is 11.0. The first kappa shape index (κ1) is 23.7. The lowest BCUT2D eigenvalue weighted by Crippen LogP contribution is -2.40. The first-order valence-corrected chi connectivity index (χ1v) is 10.8. The van der Waals surface area contributed by atoms with Gasteiger partial charge in [-0.25, -0.2) is 18.7 Å². The van der Waals surface area contributed by atoms with Gasteiger partial charge in [-0.15, -0.1) is 0 Å². The number of hydrogen-bond donors (Lipinski definition) is 2. The van der Waals surface area contributed by atoms with Gasteiger partial charge < -0.3 is 15.0 Å². The van der Waals surface area contributed by atoms with E-state index in [1.807, 2.05) is 0 Å². The Morgan fingerprint density at radius 1 is 1.37 bits per heavy atom. The van der Waals surface area contributed by atoms with Crippen LogP contribution in [-0.4, -0.2) is 34.8 Å². The van der Waals surface area contributed by atoms with Gasteiger partial charge in [0.15, 0.2) is 11.6 Å². The van der Waals surface area contributed by atoms with Crippen LogP contribution < -0.4 is 20.1 Å². The zero-order chi connectivity index (χ0) is 22.3. The summed E-state index contributed by atoms with van der Waals surface area (Å²) in [4.78, 5) is 18.3. The molecule has 0 aliphatic carbocycles. The van der Waals surface area contributed by atoms with E-state index in [1.165, 1.54) is 31.9 Å². The number of ether oxygens (including phenoxy) is 1. The Hall–Kier alpha value is -2.59. The highest BCUT2D eigenvalue weighted by Crippen LogP contribution is 2.37. The smallest absolute Gasteiger partial charge is 0.247 e. The van der Waals surface area contributed by atoms with E-state index < -0.39 is 28.7 Å². The Bertz CT molecular complexity index is 914. The Labute approximate surface area is 177 Å². The van der Waals surface area contributed by atoms with Crippen molar-refractivity contribution < 1.29 is 22.5 Å². The quantitative estimate of drug-likeness (QED) is 0.743. The molecule has 0 spiro atoms. The van der Waals surface area contributed by atoms with Gasteiger partial charge in [0.2, 0.25) is 11.7 Å². The van der Waals surface area contributed by atoms with Gasteiger partial charge in [0, 0.05) is 18.4 Å². The van der Waals surface area contributed by atoms with Crippen LogP contribution in [0.3, 0.4) is 0 Å². The third kappa shape index (κ3) is 5.51. The highest BCUT2D eigenvalue weighted by atomic mass is 32.2. The molecule has 2 atom stereocenters. The van der Waals surface area contributed by atoms with Crippen LogP contribution in [0.15, 0.2) is 35.5 Å². The van der Waals surface area contributed by atoms with Gasteiger partial charge in [0.05, 0.1) is 12.8 Å². The van der Waals surface area contributed by atoms with Crippen molar-refractivity contribution in [1.82, 2.24) is 4.98 Å². The minimum atomic E-state index is -1.77. The number of methoxy groups -OCH3 is 1. The predicted molar refractivity (Wildman–Crippen MR) is 113 cm³/mol. The average Bonchev–Trinajstić information content (AvgIpc) is 3.20. The fourth-order valence-corrected chi connectivity index (χ4v) is 3.50. The molecule has 1 aromatic carbocycles. The van der Waals surface area contributed by atoms with E-state index >= 15 is 0 Å². The molecule has 3 rings (SSSR count). The molecule has 2 unspecified atom stereocenters. The Kier molecular flexibility index (Phi) is 8.67. The van der Waals surface area contributed by atoms with Crippen molar-refractivity contribution in [2.24, 2.45) is 5.14 Å². The van der Waals surface area contributed by atoms with Crippen molar-refractivity contribution >= 4 is 28.3 Å². The number of pyridine rings is 1. The Morgan fingerprint density at radius 2 is 2.07 bits per heavy atom. The number of nitrogens with two attached hydrogens (primary N) is 1. The molecule has 30 heavy (non-hydrogen) atoms. The van der Waals surface area contributed by atoms with E-state index in [1.54, 1.807) is 11.0 Å². The average molecular weight is 441 g/mol. The second-order valence-corrected chi connectivity index (χ2v) is 7.65. The number of rotatable bonds is 5. The molecule has 1 aliphatic heterocycles. The van der Waals surface area contributed by atoms with Gasteiger partial charge in [0.1, 0.15) is 22.1 Å². The topological polar surface area (TPSA) is 97.6 Å². The summed E-state index contributed by atoms with van der Waals surface area (Å²) < 4.78 is 43.9. The molecule has 0 saturated carbocycles. The summed E-state index contributed by atoms with van der Waals surface area (Å²) in [6.07, 6.45) is 3.88. The normalized spacial score (nSPS) is 16.5. The molecule has 1 aromatic heterocycles. The van der Waals surface area contributed by atoms with Gasteiger partial charge in [-0.2, -0.15) is 4.39 Å². The summed E-state index contributed by atoms with van der Waals surface area (Å²) in [5.74, 6) is -2.68. The van der Waals surface area contributed by atoms with E-state index in [0.29, 0.717) is 30.8 Å². The van der Waals surface area contributed by atoms with Crippen molar-refractivity contribution in [3.05, 3.63) is 42.1 Å². The first-order chi connectivity index (χ1) is 14.3. The lowest BCUT2D eigenvalue weighted by Gasteiger charge is -2.27. The molecule has 10 heteroatoms. The molecule has 164 valence electrons. The third-order valence-electron chi connectivity index (χ3n) is 4.31. The van der Waals surface area contributed by atoms with Crippen molar-refractivity contribution in [2.45, 2.75) is 44.2 Å². The molecule has 2 aromatic rings. The molecule has 1 saturated heterocycles. The Morgan fingerprint density at radius 3 is 2.70 bits per heavy atom. The molecule has 3 N–H and O–H groups in total. The Balaban J connectivity index is 0.00000101. The molecule has 0 bridgehead atoms. The van der Waals surface area contributed by atoms with Gasteiger partial charge in [-0.05, 0) is 37.1 Å². The fourth-order valence-electron chi connectivity index (χ4n) is 3.09. The van der Waals surface area contributed by atoms with E-state index in [9.17, 15) is 17.8 Å². The number of nitrogens with one attached hydrogen (secondary N) is 1. The zero-order valence-electron chi connectivity index (χ0n) is 17.2. The van der Waals surface area contributed by atoms with Crippen molar-refractivity contribution in [2.75, 3.05) is 23.9 Å². The van der Waals surface area contributed by atoms with Crippen LogP contribution in [0.25, 0.3) is 0 Å². The molecule has 2 heterocycles. The lowest BCUT2D eigenvalue weighted by molar-refractivity contribution is -0.117. The van der Waals surface area contributed by atoms with Crippen LogP contribution in [0.4, 0.5) is 20.2 Å². The number of carbonyl (C=O) groups is 1. The minimum absolute atomic E-state index is 0.137. The number of hydrogen-bond acceptors (Lipinski definition) is 5. The summed E-state index contributed by atoms with van der Waals surface area (Å²) in [5.41, 5.74) is 0.709. The maximum atomic E-state index is 14.0. The molecule has 0 radical (unpaired) electrons. The molecule has 1 fully saturated rings. The number of benzene rings is 1.